The molecule has 0 fully saturated rings. The third kappa shape index (κ3) is 6.66. The summed E-state index contributed by atoms with van der Waals surface area (Å²) in [4.78, 5) is 20.2. The quantitative estimate of drug-likeness (QED) is 0.247. The molecule has 9 heavy (non-hydrogen) atoms. The molecule has 0 unspecified atom stereocenters. The molecule has 0 spiro atoms. The molecule has 0 atom stereocenters. The first-order valence-electron chi connectivity index (χ1n) is 2.36. The Kier molecular flexibility index (Phi) is 9.53. The van der Waals surface area contributed by atoms with Crippen LogP contribution >= 0.6 is 0 Å². The van der Waals surface area contributed by atoms with E-state index < -0.39 is 11.8 Å². The van der Waals surface area contributed by atoms with Gasteiger partial charge in [0.05, 0.1) is 6.61 Å². The Bertz CT molecular complexity index is 115. The molecule has 0 amide bonds. The molecule has 0 aromatic carbocycles. The number of ketones is 1. The van der Waals surface area contributed by atoms with E-state index in [-0.39, 0.29) is 59.4 Å². The number of ether oxygens (including phenoxy) is 1. The number of Topliss-reactive ketones (excluding diaryl/α,β-unsaturated/α-hetero) is 1. The maximum atomic E-state index is 10.2. The summed E-state index contributed by atoms with van der Waals surface area (Å²) in [5, 5.41) is 0. The Morgan fingerprint density at radius 3 is 2.11 bits per heavy atom. The van der Waals surface area contributed by atoms with E-state index in [2.05, 4.69) is 4.74 Å². The summed E-state index contributed by atoms with van der Waals surface area (Å²) in [6.45, 7) is 3.09. The molecular weight excluding hydrogens is 147 g/mol. The van der Waals surface area contributed by atoms with E-state index in [1.54, 1.807) is 6.92 Å². The molecule has 0 bridgehead atoms. The van der Waals surface area contributed by atoms with Gasteiger partial charge in [0.15, 0.2) is 0 Å². The van der Waals surface area contributed by atoms with E-state index in [0.29, 0.717) is 0 Å². The molecule has 0 radical (unpaired) electrons. The summed E-state index contributed by atoms with van der Waals surface area (Å²) in [5.74, 6) is -1.31. The summed E-state index contributed by atoms with van der Waals surface area (Å²) in [6.07, 6.45) is 0. The Morgan fingerprint density at radius 2 is 2.00 bits per heavy atom. The predicted octanol–water partition coefficient (Wildman–Crippen LogP) is -2.74. The van der Waals surface area contributed by atoms with Gasteiger partial charge >= 0.3 is 57.4 Å². The van der Waals surface area contributed by atoms with E-state index in [1.165, 1.54) is 6.92 Å². The van der Waals surface area contributed by atoms with Crippen molar-refractivity contribution in [2.75, 3.05) is 6.61 Å². The van der Waals surface area contributed by atoms with E-state index in [1.807, 2.05) is 0 Å². The molecule has 0 saturated carbocycles. The summed E-state index contributed by atoms with van der Waals surface area (Å²) >= 11 is 0. The summed E-state index contributed by atoms with van der Waals surface area (Å²) in [7, 11) is 0. The van der Waals surface area contributed by atoms with Crippen LogP contribution in [0.15, 0.2) is 0 Å². The van der Waals surface area contributed by atoms with Gasteiger partial charge in [-0.15, -0.1) is 0 Å². The van der Waals surface area contributed by atoms with Crippen molar-refractivity contribution >= 4 is 11.8 Å². The van der Waals surface area contributed by atoms with Crippen LogP contribution in [0.2, 0.25) is 0 Å². The minimum atomic E-state index is -0.757. The van der Waals surface area contributed by atoms with Gasteiger partial charge < -0.3 is 6.16 Å². The van der Waals surface area contributed by atoms with Crippen LogP contribution < -0.4 is 51.4 Å². The zero-order valence-electron chi connectivity index (χ0n) is 6.93. The first kappa shape index (κ1) is 12.5. The Morgan fingerprint density at radius 1 is 1.56 bits per heavy atom. The largest absolute Gasteiger partial charge is 1.00 e. The molecule has 0 aliphatic carbocycles. The molecule has 0 aromatic heterocycles. The predicted molar refractivity (Wildman–Crippen MR) is 28.4 cm³/mol. The second-order valence-electron chi connectivity index (χ2n) is 1.28. The molecule has 0 aliphatic rings. The van der Waals surface area contributed by atoms with Gasteiger partial charge in [0, 0.05) is 6.92 Å². The minimum absolute atomic E-state index is 0. The van der Waals surface area contributed by atoms with Crippen molar-refractivity contribution in [2.45, 2.75) is 13.8 Å². The smallest absolute Gasteiger partial charge is 1.00 e. The normalized spacial score (nSPS) is 7.33. The average molecular weight is 156 g/mol. The molecule has 48 valence electrons. The average Bonchev–Trinajstić information content (AvgIpc) is 1.67. The van der Waals surface area contributed by atoms with E-state index in [4.69, 9.17) is 0 Å². The Hall–Kier alpha value is 0.776. The molecule has 0 saturated heterocycles. The number of carbonyl (C=O) groups is 2. The standard InChI is InChI=1S/C5H8O3.K.H/c1-3-8-5(7)4(2)6;;/h3H2,1-2H3;;/q;+1;-1. The third-order valence-electron chi connectivity index (χ3n) is 0.563. The molecule has 0 aliphatic heterocycles. The van der Waals surface area contributed by atoms with Gasteiger partial charge in [-0.2, -0.15) is 0 Å². The van der Waals surface area contributed by atoms with Crippen LogP contribution in [-0.2, 0) is 14.3 Å². The number of hydrogen-bond donors (Lipinski definition) is 0. The minimum Gasteiger partial charge on any atom is -1.00 e. The number of esters is 1. The van der Waals surface area contributed by atoms with E-state index >= 15 is 0 Å². The van der Waals surface area contributed by atoms with Crippen molar-refractivity contribution in [1.82, 2.24) is 0 Å². The third-order valence-corrected chi connectivity index (χ3v) is 0.563. The van der Waals surface area contributed by atoms with Crippen molar-refractivity contribution in [3.8, 4) is 0 Å². The number of carbonyl (C=O) groups excluding carboxylic acids is 2. The molecule has 0 rings (SSSR count). The van der Waals surface area contributed by atoms with Crippen LogP contribution in [0.1, 0.15) is 15.3 Å². The fourth-order valence-electron chi connectivity index (χ4n) is 0.233. The van der Waals surface area contributed by atoms with Crippen molar-refractivity contribution in [3.63, 3.8) is 0 Å². The summed E-state index contributed by atoms with van der Waals surface area (Å²) in [6, 6.07) is 0. The van der Waals surface area contributed by atoms with Crippen LogP contribution in [0.3, 0.4) is 0 Å². The van der Waals surface area contributed by atoms with Crippen LogP contribution in [-0.4, -0.2) is 18.4 Å². The van der Waals surface area contributed by atoms with Gasteiger partial charge in [-0.05, 0) is 6.92 Å². The van der Waals surface area contributed by atoms with E-state index in [0.717, 1.165) is 0 Å². The van der Waals surface area contributed by atoms with Crippen LogP contribution in [0.25, 0.3) is 0 Å². The SMILES string of the molecule is CCOC(=O)C(C)=O.[H-].[K+]. The maximum Gasteiger partial charge on any atom is 1.00 e. The molecule has 3 nitrogen and oxygen atoms in total. The van der Waals surface area contributed by atoms with Crippen LogP contribution in [0.4, 0.5) is 0 Å². The maximum absolute atomic E-state index is 10.2. The molecule has 0 heterocycles. The van der Waals surface area contributed by atoms with Gasteiger partial charge in [-0.3, -0.25) is 4.79 Å². The first-order chi connectivity index (χ1) is 3.68. The molecule has 0 aromatic rings. The van der Waals surface area contributed by atoms with Gasteiger partial charge in [0.2, 0.25) is 5.78 Å². The van der Waals surface area contributed by atoms with Crippen molar-refractivity contribution < 1.29 is 67.1 Å². The van der Waals surface area contributed by atoms with Crippen molar-refractivity contribution in [1.29, 1.82) is 0 Å². The fourth-order valence-corrected chi connectivity index (χ4v) is 0.233. The number of rotatable bonds is 2. The summed E-state index contributed by atoms with van der Waals surface area (Å²) in [5.41, 5.74) is 0. The topological polar surface area (TPSA) is 43.4 Å². The van der Waals surface area contributed by atoms with Gasteiger partial charge in [0.1, 0.15) is 0 Å². The monoisotopic (exact) mass is 156 g/mol. The van der Waals surface area contributed by atoms with Crippen LogP contribution in [0, 0.1) is 0 Å². The van der Waals surface area contributed by atoms with Crippen molar-refractivity contribution in [2.24, 2.45) is 0 Å². The summed E-state index contributed by atoms with van der Waals surface area (Å²) < 4.78 is 4.31. The van der Waals surface area contributed by atoms with Crippen LogP contribution in [0.5, 0.6) is 0 Å². The van der Waals surface area contributed by atoms with Crippen molar-refractivity contribution in [3.05, 3.63) is 0 Å². The van der Waals surface area contributed by atoms with Gasteiger partial charge in [0.25, 0.3) is 0 Å². The first-order valence-corrected chi connectivity index (χ1v) is 2.36. The van der Waals surface area contributed by atoms with Gasteiger partial charge in [-0.1, -0.05) is 0 Å². The van der Waals surface area contributed by atoms with E-state index in [9.17, 15) is 9.59 Å². The zero-order valence-corrected chi connectivity index (χ0v) is 9.05. The second-order valence-corrected chi connectivity index (χ2v) is 1.28. The molecule has 4 heteroatoms. The van der Waals surface area contributed by atoms with Gasteiger partial charge in [-0.25, -0.2) is 4.79 Å². The zero-order chi connectivity index (χ0) is 6.57. The molecule has 0 N–H and O–H groups in total. The Labute approximate surface area is 98.0 Å². The fraction of sp³-hybridized carbons (Fsp3) is 0.600. The molecular formula is C5H9KO3. The Balaban J connectivity index is -0.000000245. The second kappa shape index (κ2) is 6.89. The number of hydrogen-bond acceptors (Lipinski definition) is 3.